The second-order valence-corrected chi connectivity index (χ2v) is 4.71. The summed E-state index contributed by atoms with van der Waals surface area (Å²) >= 11 is 0. The molecule has 1 N–H and O–H groups in total. The largest absolute Gasteiger partial charge is 0.486 e. The second-order valence-electron chi connectivity index (χ2n) is 4.71. The highest BCUT2D eigenvalue weighted by Gasteiger charge is 2.34. The van der Waals surface area contributed by atoms with Gasteiger partial charge < -0.3 is 14.6 Å². The number of fused-ring (bicyclic) bond motifs is 1. The molecule has 1 aromatic rings. The lowest BCUT2D eigenvalue weighted by Gasteiger charge is -2.23. The number of benzene rings is 1. The molecule has 7 nitrogen and oxygen atoms in total. The standard InChI is InChI=1S/C12H13NO6/c1-12(2,11(14)15)7-5-8(13(16)17)10-9(6-7)18-3-4-19-10/h5-6H,3-4H2,1-2H3,(H,14,15). The highest BCUT2D eigenvalue weighted by atomic mass is 16.6. The van der Waals surface area contributed by atoms with Gasteiger partial charge in [-0.05, 0) is 25.5 Å². The summed E-state index contributed by atoms with van der Waals surface area (Å²) in [7, 11) is 0. The minimum atomic E-state index is -1.25. The van der Waals surface area contributed by atoms with Crippen molar-refractivity contribution >= 4 is 11.7 Å². The molecule has 0 amide bonds. The molecular formula is C12H13NO6. The number of nitrogens with zero attached hydrogens (tertiary/aromatic N) is 1. The topological polar surface area (TPSA) is 98.9 Å². The Hall–Kier alpha value is -2.31. The van der Waals surface area contributed by atoms with E-state index in [0.29, 0.717) is 5.56 Å². The van der Waals surface area contributed by atoms with Crippen LogP contribution in [0.25, 0.3) is 0 Å². The summed E-state index contributed by atoms with van der Waals surface area (Å²) < 4.78 is 10.5. The fourth-order valence-electron chi connectivity index (χ4n) is 1.76. The zero-order chi connectivity index (χ0) is 14.2. The Morgan fingerprint density at radius 1 is 1.37 bits per heavy atom. The Balaban J connectivity index is 2.62. The molecule has 0 unspecified atom stereocenters. The summed E-state index contributed by atoms with van der Waals surface area (Å²) in [5.41, 5.74) is -1.22. The number of carbonyl (C=O) groups is 1. The zero-order valence-corrected chi connectivity index (χ0v) is 10.5. The van der Waals surface area contributed by atoms with Crippen molar-refractivity contribution in [3.05, 3.63) is 27.8 Å². The average molecular weight is 267 g/mol. The van der Waals surface area contributed by atoms with Gasteiger partial charge in [-0.1, -0.05) is 0 Å². The number of hydrogen-bond donors (Lipinski definition) is 1. The van der Waals surface area contributed by atoms with Crippen molar-refractivity contribution in [1.82, 2.24) is 0 Å². The number of rotatable bonds is 3. The molecule has 0 aromatic heterocycles. The molecule has 0 atom stereocenters. The first-order valence-corrected chi connectivity index (χ1v) is 5.66. The molecule has 0 fully saturated rings. The minimum Gasteiger partial charge on any atom is -0.486 e. The second kappa shape index (κ2) is 4.42. The normalized spacial score (nSPS) is 14.0. The van der Waals surface area contributed by atoms with Crippen LogP contribution in [-0.2, 0) is 10.2 Å². The zero-order valence-electron chi connectivity index (χ0n) is 10.5. The third kappa shape index (κ3) is 2.18. The van der Waals surface area contributed by atoms with Crippen molar-refractivity contribution in [2.75, 3.05) is 13.2 Å². The summed E-state index contributed by atoms with van der Waals surface area (Å²) in [6.07, 6.45) is 0. The molecule has 19 heavy (non-hydrogen) atoms. The third-order valence-electron chi connectivity index (χ3n) is 3.08. The number of aliphatic carboxylic acids is 1. The van der Waals surface area contributed by atoms with Crippen molar-refractivity contribution in [3.8, 4) is 11.5 Å². The fraction of sp³-hybridized carbons (Fsp3) is 0.417. The molecule has 0 saturated carbocycles. The van der Waals surface area contributed by atoms with Gasteiger partial charge in [-0.25, -0.2) is 0 Å². The Morgan fingerprint density at radius 2 is 2.00 bits per heavy atom. The quantitative estimate of drug-likeness (QED) is 0.661. The van der Waals surface area contributed by atoms with E-state index in [2.05, 4.69) is 0 Å². The van der Waals surface area contributed by atoms with E-state index < -0.39 is 16.3 Å². The predicted octanol–water partition coefficient (Wildman–Crippen LogP) is 1.73. The number of hydrogen-bond acceptors (Lipinski definition) is 5. The Morgan fingerprint density at radius 3 is 2.58 bits per heavy atom. The van der Waals surface area contributed by atoms with Crippen LogP contribution in [0.1, 0.15) is 19.4 Å². The van der Waals surface area contributed by atoms with E-state index in [0.717, 1.165) is 0 Å². The van der Waals surface area contributed by atoms with Gasteiger partial charge in [0.05, 0.1) is 10.3 Å². The molecular weight excluding hydrogens is 254 g/mol. The van der Waals surface area contributed by atoms with Gasteiger partial charge >= 0.3 is 11.7 Å². The number of ether oxygens (including phenoxy) is 2. The molecule has 0 spiro atoms. The maximum Gasteiger partial charge on any atom is 0.315 e. The first-order valence-electron chi connectivity index (χ1n) is 5.66. The first-order chi connectivity index (χ1) is 8.84. The first kappa shape index (κ1) is 13.1. The molecule has 2 rings (SSSR count). The molecule has 1 aliphatic heterocycles. The van der Waals surface area contributed by atoms with Gasteiger partial charge in [0.25, 0.3) is 0 Å². The van der Waals surface area contributed by atoms with E-state index in [1.165, 1.54) is 26.0 Å². The number of carboxylic acids is 1. The van der Waals surface area contributed by atoms with E-state index in [4.69, 9.17) is 9.47 Å². The highest BCUT2D eigenvalue weighted by Crippen LogP contribution is 2.42. The monoisotopic (exact) mass is 267 g/mol. The van der Waals surface area contributed by atoms with Gasteiger partial charge in [-0.2, -0.15) is 0 Å². The maximum atomic E-state index is 11.2. The van der Waals surface area contributed by atoms with Crippen LogP contribution in [0.4, 0.5) is 5.69 Å². The van der Waals surface area contributed by atoms with E-state index in [9.17, 15) is 20.0 Å². The van der Waals surface area contributed by atoms with E-state index in [-0.39, 0.29) is 30.4 Å². The third-order valence-corrected chi connectivity index (χ3v) is 3.08. The van der Waals surface area contributed by atoms with E-state index in [1.807, 2.05) is 0 Å². The minimum absolute atomic E-state index is 0.0567. The molecule has 0 radical (unpaired) electrons. The van der Waals surface area contributed by atoms with Gasteiger partial charge in [-0.3, -0.25) is 14.9 Å². The maximum absolute atomic E-state index is 11.2. The van der Waals surface area contributed by atoms with Crippen LogP contribution in [0.15, 0.2) is 12.1 Å². The van der Waals surface area contributed by atoms with Gasteiger partial charge in [0.2, 0.25) is 5.75 Å². The predicted molar refractivity (Wildman–Crippen MR) is 64.7 cm³/mol. The summed E-state index contributed by atoms with van der Waals surface area (Å²) in [5, 5.41) is 20.2. The van der Waals surface area contributed by atoms with Crippen LogP contribution in [0, 0.1) is 10.1 Å². The molecule has 0 bridgehead atoms. The van der Waals surface area contributed by atoms with Crippen LogP contribution < -0.4 is 9.47 Å². The fourth-order valence-corrected chi connectivity index (χ4v) is 1.76. The van der Waals surface area contributed by atoms with Gasteiger partial charge in [0, 0.05) is 6.07 Å². The SMILES string of the molecule is CC(C)(C(=O)O)c1cc2c(c([N+](=O)[O-])c1)OCCO2. The molecule has 1 heterocycles. The van der Waals surface area contributed by atoms with Crippen LogP contribution in [-0.4, -0.2) is 29.2 Å². The van der Waals surface area contributed by atoms with Gasteiger partial charge in [-0.15, -0.1) is 0 Å². The van der Waals surface area contributed by atoms with E-state index >= 15 is 0 Å². The summed E-state index contributed by atoms with van der Waals surface area (Å²) in [5.74, 6) is -0.801. The molecule has 7 heteroatoms. The Bertz CT molecular complexity index is 551. The van der Waals surface area contributed by atoms with Crippen molar-refractivity contribution in [1.29, 1.82) is 0 Å². The van der Waals surface area contributed by atoms with Crippen molar-refractivity contribution in [3.63, 3.8) is 0 Å². The van der Waals surface area contributed by atoms with Crippen LogP contribution in [0.2, 0.25) is 0 Å². The van der Waals surface area contributed by atoms with Crippen LogP contribution >= 0.6 is 0 Å². The number of carboxylic acid groups (broad SMARTS) is 1. The molecule has 1 aliphatic rings. The van der Waals surface area contributed by atoms with Gasteiger partial charge in [0.15, 0.2) is 5.75 Å². The number of nitro groups is 1. The lowest BCUT2D eigenvalue weighted by atomic mass is 9.84. The average Bonchev–Trinajstić information content (AvgIpc) is 2.36. The lowest BCUT2D eigenvalue weighted by molar-refractivity contribution is -0.386. The van der Waals surface area contributed by atoms with Crippen molar-refractivity contribution < 1.29 is 24.3 Å². The van der Waals surface area contributed by atoms with Gasteiger partial charge in [0.1, 0.15) is 13.2 Å². The Kier molecular flexibility index (Phi) is 3.05. The summed E-state index contributed by atoms with van der Waals surface area (Å²) in [6.45, 7) is 3.46. The van der Waals surface area contributed by atoms with Crippen LogP contribution in [0.5, 0.6) is 11.5 Å². The smallest absolute Gasteiger partial charge is 0.315 e. The van der Waals surface area contributed by atoms with Crippen molar-refractivity contribution in [2.24, 2.45) is 0 Å². The van der Waals surface area contributed by atoms with E-state index in [1.54, 1.807) is 0 Å². The van der Waals surface area contributed by atoms with Crippen molar-refractivity contribution in [2.45, 2.75) is 19.3 Å². The molecule has 102 valence electrons. The molecule has 0 aliphatic carbocycles. The Labute approximate surface area is 108 Å². The summed E-state index contributed by atoms with van der Waals surface area (Å²) in [4.78, 5) is 21.7. The lowest BCUT2D eigenvalue weighted by Crippen LogP contribution is -2.29. The molecule has 1 aromatic carbocycles. The number of nitro benzene ring substituents is 1. The molecule has 0 saturated heterocycles. The summed E-state index contributed by atoms with van der Waals surface area (Å²) in [6, 6.07) is 2.71. The highest BCUT2D eigenvalue weighted by molar-refractivity contribution is 5.81. The van der Waals surface area contributed by atoms with Crippen LogP contribution in [0.3, 0.4) is 0 Å².